The molecule has 0 fully saturated rings. The molecule has 0 aliphatic heterocycles. The number of carbonyl (C=O) groups is 2. The SMILES string of the molecule is COc1ccc(C(=O)NNC(=O)COc2ccc(C(C)C)cc2Br)cc1. The minimum Gasteiger partial charge on any atom is -0.497 e. The van der Waals surface area contributed by atoms with E-state index in [9.17, 15) is 9.59 Å². The molecule has 0 saturated carbocycles. The highest BCUT2D eigenvalue weighted by molar-refractivity contribution is 9.10. The second-order valence-electron chi connectivity index (χ2n) is 5.86. The number of methoxy groups -OCH3 is 1. The molecule has 138 valence electrons. The van der Waals surface area contributed by atoms with Crippen LogP contribution in [0.15, 0.2) is 46.9 Å². The average Bonchev–Trinajstić information content (AvgIpc) is 2.65. The molecular weight excluding hydrogens is 400 g/mol. The molecule has 0 bridgehead atoms. The number of hydrogen-bond acceptors (Lipinski definition) is 4. The first-order valence-corrected chi connectivity index (χ1v) is 8.85. The second-order valence-corrected chi connectivity index (χ2v) is 6.72. The van der Waals surface area contributed by atoms with Crippen molar-refractivity contribution >= 4 is 27.7 Å². The summed E-state index contributed by atoms with van der Waals surface area (Å²) in [7, 11) is 1.55. The lowest BCUT2D eigenvalue weighted by atomic mass is 10.0. The van der Waals surface area contributed by atoms with Crippen LogP contribution in [0.4, 0.5) is 0 Å². The number of benzene rings is 2. The molecule has 0 saturated heterocycles. The Balaban J connectivity index is 1.82. The van der Waals surface area contributed by atoms with Gasteiger partial charge in [0.2, 0.25) is 0 Å². The topological polar surface area (TPSA) is 76.7 Å². The van der Waals surface area contributed by atoms with Crippen LogP contribution in [0.3, 0.4) is 0 Å². The van der Waals surface area contributed by atoms with Crippen molar-refractivity contribution in [3.05, 3.63) is 58.1 Å². The Kier molecular flexibility index (Phi) is 7.03. The Morgan fingerprint density at radius 2 is 1.77 bits per heavy atom. The van der Waals surface area contributed by atoms with E-state index in [1.165, 1.54) is 5.56 Å². The number of ether oxygens (including phenoxy) is 2. The number of nitrogens with one attached hydrogen (secondary N) is 2. The first-order valence-electron chi connectivity index (χ1n) is 8.06. The Morgan fingerprint density at radius 1 is 1.08 bits per heavy atom. The van der Waals surface area contributed by atoms with E-state index in [1.54, 1.807) is 31.4 Å². The van der Waals surface area contributed by atoms with Crippen molar-refractivity contribution in [1.82, 2.24) is 10.9 Å². The number of amides is 2. The Hall–Kier alpha value is -2.54. The maximum absolute atomic E-state index is 12.0. The molecule has 2 rings (SSSR count). The van der Waals surface area contributed by atoms with Gasteiger partial charge in [-0.15, -0.1) is 0 Å². The van der Waals surface area contributed by atoms with Crippen LogP contribution in [-0.2, 0) is 4.79 Å². The van der Waals surface area contributed by atoms with Gasteiger partial charge in [0.25, 0.3) is 11.8 Å². The maximum atomic E-state index is 12.0. The highest BCUT2D eigenvalue weighted by atomic mass is 79.9. The van der Waals surface area contributed by atoms with Crippen LogP contribution in [-0.4, -0.2) is 25.5 Å². The average molecular weight is 421 g/mol. The predicted octanol–water partition coefficient (Wildman–Crippen LogP) is 3.42. The number of carbonyl (C=O) groups excluding carboxylic acids is 2. The number of hydrogen-bond donors (Lipinski definition) is 2. The van der Waals surface area contributed by atoms with Gasteiger partial charge in [-0.25, -0.2) is 0 Å². The molecule has 0 unspecified atom stereocenters. The second kappa shape index (κ2) is 9.24. The fourth-order valence-corrected chi connectivity index (χ4v) is 2.62. The molecule has 2 aromatic carbocycles. The fourth-order valence-electron chi connectivity index (χ4n) is 2.11. The largest absolute Gasteiger partial charge is 0.497 e. The molecule has 26 heavy (non-hydrogen) atoms. The zero-order chi connectivity index (χ0) is 19.1. The lowest BCUT2D eigenvalue weighted by molar-refractivity contribution is -0.123. The molecule has 6 nitrogen and oxygen atoms in total. The van der Waals surface area contributed by atoms with Crippen LogP contribution < -0.4 is 20.3 Å². The van der Waals surface area contributed by atoms with Crippen molar-refractivity contribution in [2.24, 2.45) is 0 Å². The van der Waals surface area contributed by atoms with E-state index in [4.69, 9.17) is 9.47 Å². The summed E-state index contributed by atoms with van der Waals surface area (Å²) < 4.78 is 11.3. The van der Waals surface area contributed by atoms with Gasteiger partial charge >= 0.3 is 0 Å². The molecule has 0 aliphatic rings. The van der Waals surface area contributed by atoms with Gasteiger partial charge in [0, 0.05) is 5.56 Å². The van der Waals surface area contributed by atoms with Crippen LogP contribution in [0.25, 0.3) is 0 Å². The van der Waals surface area contributed by atoms with Crippen molar-refractivity contribution in [3.63, 3.8) is 0 Å². The molecule has 7 heteroatoms. The maximum Gasteiger partial charge on any atom is 0.276 e. The van der Waals surface area contributed by atoms with Crippen LogP contribution in [0.5, 0.6) is 11.5 Å². The van der Waals surface area contributed by atoms with Crippen molar-refractivity contribution in [2.75, 3.05) is 13.7 Å². The Labute approximate surface area is 161 Å². The minimum absolute atomic E-state index is 0.220. The van der Waals surface area contributed by atoms with E-state index in [1.807, 2.05) is 18.2 Å². The summed E-state index contributed by atoms with van der Waals surface area (Å²) in [6.45, 7) is 3.98. The molecule has 0 aromatic heterocycles. The lowest BCUT2D eigenvalue weighted by Crippen LogP contribution is -2.43. The van der Waals surface area contributed by atoms with E-state index in [-0.39, 0.29) is 6.61 Å². The number of rotatable bonds is 6. The van der Waals surface area contributed by atoms with Crippen LogP contribution in [0.1, 0.15) is 35.7 Å². The third kappa shape index (κ3) is 5.49. The summed E-state index contributed by atoms with van der Waals surface area (Å²) in [4.78, 5) is 23.8. The minimum atomic E-state index is -0.466. The summed E-state index contributed by atoms with van der Waals surface area (Å²) in [5.74, 6) is 0.714. The molecule has 0 atom stereocenters. The zero-order valence-electron chi connectivity index (χ0n) is 14.8. The highest BCUT2D eigenvalue weighted by Crippen LogP contribution is 2.28. The fraction of sp³-hybridized carbons (Fsp3) is 0.263. The third-order valence-corrected chi connectivity index (χ3v) is 4.27. The normalized spacial score (nSPS) is 10.3. The summed E-state index contributed by atoms with van der Waals surface area (Å²) in [6.07, 6.45) is 0. The van der Waals surface area contributed by atoms with E-state index < -0.39 is 11.8 Å². The zero-order valence-corrected chi connectivity index (χ0v) is 16.4. The molecule has 2 N–H and O–H groups in total. The van der Waals surface area contributed by atoms with Gasteiger partial charge in [-0.2, -0.15) is 0 Å². The van der Waals surface area contributed by atoms with Gasteiger partial charge in [-0.05, 0) is 63.8 Å². The van der Waals surface area contributed by atoms with E-state index in [0.717, 1.165) is 4.47 Å². The molecule has 2 amide bonds. The van der Waals surface area contributed by atoms with Gasteiger partial charge in [-0.3, -0.25) is 20.4 Å². The van der Waals surface area contributed by atoms with Crippen molar-refractivity contribution < 1.29 is 19.1 Å². The predicted molar refractivity (Wildman–Crippen MR) is 102 cm³/mol. The highest BCUT2D eigenvalue weighted by Gasteiger charge is 2.10. The van der Waals surface area contributed by atoms with Crippen LogP contribution in [0.2, 0.25) is 0 Å². The van der Waals surface area contributed by atoms with Crippen LogP contribution >= 0.6 is 15.9 Å². The van der Waals surface area contributed by atoms with E-state index >= 15 is 0 Å². The van der Waals surface area contributed by atoms with Crippen LogP contribution in [0, 0.1) is 0 Å². The van der Waals surface area contributed by atoms with Crippen molar-refractivity contribution in [2.45, 2.75) is 19.8 Å². The van der Waals surface area contributed by atoms with Crippen molar-refractivity contribution in [3.8, 4) is 11.5 Å². The first-order chi connectivity index (χ1) is 12.4. The number of halogens is 1. The first kappa shape index (κ1) is 19.8. The van der Waals surface area contributed by atoms with Gasteiger partial charge in [0.05, 0.1) is 11.6 Å². The standard InChI is InChI=1S/C19H21BrN2O4/c1-12(2)14-6-9-17(16(20)10-14)26-11-18(23)21-22-19(24)13-4-7-15(25-3)8-5-13/h4-10,12H,11H2,1-3H3,(H,21,23)(H,22,24). The molecule has 0 radical (unpaired) electrons. The quantitative estimate of drug-likeness (QED) is 0.701. The summed E-state index contributed by atoms with van der Waals surface area (Å²) >= 11 is 3.43. The molecule has 0 aliphatic carbocycles. The molecule has 0 spiro atoms. The molecule has 2 aromatic rings. The number of hydrazine groups is 1. The Bertz CT molecular complexity index is 776. The summed E-state index contributed by atoms with van der Waals surface area (Å²) in [5, 5.41) is 0. The van der Waals surface area contributed by atoms with Gasteiger partial charge in [-0.1, -0.05) is 19.9 Å². The van der Waals surface area contributed by atoms with E-state index in [0.29, 0.717) is 23.0 Å². The molecule has 0 heterocycles. The summed E-state index contributed by atoms with van der Waals surface area (Å²) in [5.41, 5.74) is 6.23. The van der Waals surface area contributed by atoms with Gasteiger partial charge in [0.15, 0.2) is 6.61 Å². The summed E-state index contributed by atoms with van der Waals surface area (Å²) in [6, 6.07) is 12.3. The van der Waals surface area contributed by atoms with Crippen molar-refractivity contribution in [1.29, 1.82) is 0 Å². The monoisotopic (exact) mass is 420 g/mol. The molecular formula is C19H21BrN2O4. The van der Waals surface area contributed by atoms with Gasteiger partial charge < -0.3 is 9.47 Å². The lowest BCUT2D eigenvalue weighted by Gasteiger charge is -2.12. The Morgan fingerprint density at radius 3 is 2.35 bits per heavy atom. The van der Waals surface area contributed by atoms with Gasteiger partial charge in [0.1, 0.15) is 11.5 Å². The smallest absolute Gasteiger partial charge is 0.276 e. The van der Waals surface area contributed by atoms with E-state index in [2.05, 4.69) is 40.6 Å². The third-order valence-electron chi connectivity index (χ3n) is 3.65.